The van der Waals surface area contributed by atoms with Crippen LogP contribution in [-0.4, -0.2) is 57.9 Å². The Balaban J connectivity index is 1.65. The lowest BCUT2D eigenvalue weighted by Crippen LogP contribution is -2.30. The van der Waals surface area contributed by atoms with Crippen molar-refractivity contribution < 1.29 is 27.5 Å². The molecule has 0 radical (unpaired) electrons. The lowest BCUT2D eigenvalue weighted by Gasteiger charge is -2.12. The van der Waals surface area contributed by atoms with Crippen LogP contribution in [-0.2, 0) is 6.54 Å². The zero-order valence-electron chi connectivity index (χ0n) is 20.4. The lowest BCUT2D eigenvalue weighted by atomic mass is 10.2. The quantitative estimate of drug-likeness (QED) is 0.155. The lowest BCUT2D eigenvalue weighted by molar-refractivity contribution is -0.154. The first-order chi connectivity index (χ1) is 18.6. The van der Waals surface area contributed by atoms with E-state index in [-0.39, 0.29) is 18.4 Å². The van der Waals surface area contributed by atoms with E-state index in [0.29, 0.717) is 36.7 Å². The SMILES string of the molecule is NC(=O)NCCCNc1ccc(Nc2nc(NCc3ccc(NC(N)=O)cc3)nc(OCC(F)(F)F)n2)cn1. The van der Waals surface area contributed by atoms with Crippen LogP contribution in [0, 0.1) is 0 Å². The number of nitrogens with one attached hydrogen (secondary N) is 5. The predicted molar refractivity (Wildman–Crippen MR) is 137 cm³/mol. The van der Waals surface area contributed by atoms with Gasteiger partial charge in [0.25, 0.3) is 0 Å². The number of alkyl halides is 3. The van der Waals surface area contributed by atoms with Crippen molar-refractivity contribution in [2.24, 2.45) is 11.5 Å². The third kappa shape index (κ3) is 10.8. The number of hydrogen-bond donors (Lipinski definition) is 7. The zero-order chi connectivity index (χ0) is 28.3. The maximum absolute atomic E-state index is 12.7. The fourth-order valence-electron chi connectivity index (χ4n) is 2.95. The number of carbonyl (C=O) groups excluding carboxylic acids is 2. The number of hydrogen-bond acceptors (Lipinski definition) is 10. The largest absolute Gasteiger partial charge is 0.454 e. The molecule has 9 N–H and O–H groups in total. The molecule has 1 aromatic carbocycles. The number of benzene rings is 1. The molecular weight excluding hydrogens is 523 g/mol. The van der Waals surface area contributed by atoms with E-state index in [1.807, 2.05) is 0 Å². The van der Waals surface area contributed by atoms with E-state index in [9.17, 15) is 22.8 Å². The number of rotatable bonds is 13. The van der Waals surface area contributed by atoms with Crippen molar-refractivity contribution in [1.82, 2.24) is 25.3 Å². The van der Waals surface area contributed by atoms with Crippen LogP contribution in [0.4, 0.5) is 51.8 Å². The van der Waals surface area contributed by atoms with Crippen molar-refractivity contribution in [2.45, 2.75) is 19.1 Å². The number of nitrogens with zero attached hydrogens (tertiary/aromatic N) is 4. The molecule has 0 saturated heterocycles. The van der Waals surface area contributed by atoms with E-state index in [1.165, 1.54) is 6.20 Å². The second-order valence-corrected chi connectivity index (χ2v) is 7.84. The van der Waals surface area contributed by atoms with Gasteiger partial charge in [0.2, 0.25) is 11.9 Å². The first-order valence-corrected chi connectivity index (χ1v) is 11.4. The highest BCUT2D eigenvalue weighted by atomic mass is 19.4. The predicted octanol–water partition coefficient (Wildman–Crippen LogP) is 2.52. The van der Waals surface area contributed by atoms with E-state index in [1.54, 1.807) is 36.4 Å². The molecule has 0 spiro atoms. The molecule has 4 amide bonds. The first-order valence-electron chi connectivity index (χ1n) is 11.4. The molecule has 0 aliphatic carbocycles. The summed E-state index contributed by atoms with van der Waals surface area (Å²) in [6.45, 7) is -0.432. The first kappa shape index (κ1) is 28.5. The molecular formula is C22H26F3N11O3. The number of halogens is 3. The average Bonchev–Trinajstić information content (AvgIpc) is 2.87. The maximum Gasteiger partial charge on any atom is 0.422 e. The number of anilines is 5. The van der Waals surface area contributed by atoms with Crippen molar-refractivity contribution in [3.05, 3.63) is 48.2 Å². The van der Waals surface area contributed by atoms with Gasteiger partial charge in [-0.15, -0.1) is 0 Å². The fraction of sp³-hybridized carbons (Fsp3) is 0.273. The summed E-state index contributed by atoms with van der Waals surface area (Å²) in [7, 11) is 0. The standard InChI is InChI=1S/C22H26F3N11O3/c23-22(24,25)12-39-21-35-19(31-10-13-2-4-14(5-3-13)32-18(27)38)34-20(36-21)33-15-6-7-16(30-11-15)28-8-1-9-29-17(26)37/h2-7,11H,1,8-10,12H2,(H,28,30)(H3,26,29,37)(H3,27,32,38)(H2,31,33,34,35,36). The summed E-state index contributed by atoms with van der Waals surface area (Å²) in [4.78, 5) is 37.8. The Hall–Kier alpha value is -5.09. The number of pyridine rings is 1. The summed E-state index contributed by atoms with van der Waals surface area (Å²) in [5, 5.41) is 13.7. The van der Waals surface area contributed by atoms with Gasteiger partial charge in [-0.1, -0.05) is 12.1 Å². The Morgan fingerprint density at radius 2 is 1.59 bits per heavy atom. The van der Waals surface area contributed by atoms with Crippen LogP contribution >= 0.6 is 0 Å². The summed E-state index contributed by atoms with van der Waals surface area (Å²) < 4.78 is 42.7. The van der Waals surface area contributed by atoms with Crippen LogP contribution in [0.5, 0.6) is 6.01 Å². The van der Waals surface area contributed by atoms with E-state index in [2.05, 4.69) is 46.5 Å². The highest BCUT2D eigenvalue weighted by molar-refractivity contribution is 5.87. The Morgan fingerprint density at radius 1 is 0.872 bits per heavy atom. The molecule has 14 nitrogen and oxygen atoms in total. The molecule has 0 fully saturated rings. The van der Waals surface area contributed by atoms with E-state index >= 15 is 0 Å². The average molecular weight is 550 g/mol. The molecule has 208 valence electrons. The molecule has 3 aromatic rings. The highest BCUT2D eigenvalue weighted by Crippen LogP contribution is 2.20. The van der Waals surface area contributed by atoms with Gasteiger partial charge in [-0.25, -0.2) is 14.6 Å². The normalized spacial score (nSPS) is 10.8. The van der Waals surface area contributed by atoms with Crippen molar-refractivity contribution in [1.29, 1.82) is 0 Å². The summed E-state index contributed by atoms with van der Waals surface area (Å²) in [5.74, 6) is 0.439. The maximum atomic E-state index is 12.7. The number of amides is 4. The van der Waals surface area contributed by atoms with Gasteiger partial charge in [0, 0.05) is 25.3 Å². The monoisotopic (exact) mass is 549 g/mol. The van der Waals surface area contributed by atoms with Gasteiger partial charge >= 0.3 is 24.2 Å². The second kappa shape index (κ2) is 13.5. The number of primary amides is 2. The molecule has 0 saturated carbocycles. The van der Waals surface area contributed by atoms with Crippen LogP contribution < -0.4 is 42.8 Å². The van der Waals surface area contributed by atoms with Crippen molar-refractivity contribution in [3.8, 4) is 6.01 Å². The van der Waals surface area contributed by atoms with Gasteiger partial charge in [0.15, 0.2) is 6.61 Å². The Labute approximate surface area is 220 Å². The molecule has 2 aromatic heterocycles. The minimum Gasteiger partial charge on any atom is -0.454 e. The third-order valence-electron chi connectivity index (χ3n) is 4.63. The van der Waals surface area contributed by atoms with Crippen molar-refractivity contribution >= 4 is 41.2 Å². The molecule has 0 unspecified atom stereocenters. The summed E-state index contributed by atoms with van der Waals surface area (Å²) >= 11 is 0. The van der Waals surface area contributed by atoms with Gasteiger partial charge in [0.05, 0.1) is 11.9 Å². The minimum absolute atomic E-state index is 0.0418. The highest BCUT2D eigenvalue weighted by Gasteiger charge is 2.29. The summed E-state index contributed by atoms with van der Waals surface area (Å²) in [6.07, 6.45) is -2.49. The summed E-state index contributed by atoms with van der Waals surface area (Å²) in [6, 6.07) is 8.16. The third-order valence-corrected chi connectivity index (χ3v) is 4.63. The molecule has 17 heteroatoms. The molecule has 3 rings (SSSR count). The van der Waals surface area contributed by atoms with Crippen molar-refractivity contribution in [2.75, 3.05) is 41.0 Å². The molecule has 0 aliphatic heterocycles. The van der Waals surface area contributed by atoms with Crippen LogP contribution in [0.3, 0.4) is 0 Å². The number of aromatic nitrogens is 4. The number of urea groups is 2. The molecule has 0 aliphatic rings. The minimum atomic E-state index is -4.59. The molecule has 0 atom stereocenters. The van der Waals surface area contributed by atoms with E-state index < -0.39 is 30.9 Å². The number of nitrogens with two attached hydrogens (primary N) is 2. The summed E-state index contributed by atoms with van der Waals surface area (Å²) in [5.41, 5.74) is 11.8. The second-order valence-electron chi connectivity index (χ2n) is 7.84. The van der Waals surface area contributed by atoms with E-state index in [0.717, 1.165) is 5.56 Å². The van der Waals surface area contributed by atoms with Crippen LogP contribution in [0.1, 0.15) is 12.0 Å². The fourth-order valence-corrected chi connectivity index (χ4v) is 2.95. The Bertz CT molecular complexity index is 1240. The van der Waals surface area contributed by atoms with Crippen LogP contribution in [0.2, 0.25) is 0 Å². The van der Waals surface area contributed by atoms with Crippen LogP contribution in [0.25, 0.3) is 0 Å². The number of ether oxygens (including phenoxy) is 1. The van der Waals surface area contributed by atoms with Gasteiger partial charge in [-0.05, 0) is 36.2 Å². The molecule has 2 heterocycles. The topological polar surface area (TPSA) is 207 Å². The van der Waals surface area contributed by atoms with E-state index in [4.69, 9.17) is 16.2 Å². The van der Waals surface area contributed by atoms with Gasteiger partial charge < -0.3 is 42.8 Å². The molecule has 0 bridgehead atoms. The van der Waals surface area contributed by atoms with Gasteiger partial charge in [0.1, 0.15) is 5.82 Å². The van der Waals surface area contributed by atoms with Crippen LogP contribution in [0.15, 0.2) is 42.6 Å². The number of carbonyl (C=O) groups is 2. The zero-order valence-corrected chi connectivity index (χ0v) is 20.4. The smallest absolute Gasteiger partial charge is 0.422 e. The Morgan fingerprint density at radius 3 is 2.23 bits per heavy atom. The van der Waals surface area contributed by atoms with Gasteiger partial charge in [-0.2, -0.15) is 28.1 Å². The van der Waals surface area contributed by atoms with Crippen molar-refractivity contribution in [3.63, 3.8) is 0 Å². The Kier molecular flexibility index (Phi) is 9.82. The van der Waals surface area contributed by atoms with Gasteiger partial charge in [-0.3, -0.25) is 0 Å². The molecule has 39 heavy (non-hydrogen) atoms.